The molecule has 1 aromatic carbocycles. The van der Waals surface area contributed by atoms with Crippen LogP contribution in [0, 0.1) is 0 Å². The van der Waals surface area contributed by atoms with Gasteiger partial charge in [-0.25, -0.2) is 0 Å². The molecule has 0 radical (unpaired) electrons. The quantitative estimate of drug-likeness (QED) is 0.913. The molecule has 0 aliphatic carbocycles. The third kappa shape index (κ3) is 3.18. The van der Waals surface area contributed by atoms with Gasteiger partial charge < -0.3 is 4.52 Å². The smallest absolute Gasteiger partial charge is 0.280 e. The molecule has 1 heterocycles. The predicted molar refractivity (Wildman–Crippen MR) is 65.8 cm³/mol. The lowest BCUT2D eigenvalue weighted by atomic mass is 10.2. The first-order valence-corrected chi connectivity index (χ1v) is 6.27. The van der Waals surface area contributed by atoms with E-state index >= 15 is 0 Å². The molecular weight excluding hydrogens is 246 g/mol. The van der Waals surface area contributed by atoms with Gasteiger partial charge in [0.2, 0.25) is 0 Å². The van der Waals surface area contributed by atoms with Crippen molar-refractivity contribution in [2.24, 2.45) is 0 Å². The summed E-state index contributed by atoms with van der Waals surface area (Å²) in [5, 5.41) is 3.00. The number of H-pyrrole nitrogens is 1. The highest BCUT2D eigenvalue weighted by molar-refractivity contribution is 7.97. The maximum Gasteiger partial charge on any atom is 0.280 e. The zero-order chi connectivity index (χ0) is 11.4. The van der Waals surface area contributed by atoms with Crippen LogP contribution in [-0.2, 0) is 11.5 Å². The lowest BCUT2D eigenvalue weighted by molar-refractivity contribution is 0.390. The zero-order valence-electron chi connectivity index (χ0n) is 8.40. The summed E-state index contributed by atoms with van der Waals surface area (Å²) in [6.07, 6.45) is 0. The van der Waals surface area contributed by atoms with Gasteiger partial charge in [-0.05, 0) is 17.7 Å². The highest BCUT2D eigenvalue weighted by atomic mass is 35.5. The van der Waals surface area contributed by atoms with Crippen molar-refractivity contribution in [1.82, 2.24) is 5.16 Å². The second kappa shape index (κ2) is 5.27. The fraction of sp³-hybridized carbons (Fsp3) is 0.182. The Kier molecular flexibility index (Phi) is 3.74. The normalized spacial score (nSPS) is 10.6. The van der Waals surface area contributed by atoms with Crippen LogP contribution in [0.5, 0.6) is 0 Å². The number of thioether (sulfide) groups is 1. The third-order valence-corrected chi connectivity index (χ3v) is 3.24. The molecule has 16 heavy (non-hydrogen) atoms. The van der Waals surface area contributed by atoms with E-state index in [-0.39, 0.29) is 5.56 Å². The van der Waals surface area contributed by atoms with Crippen LogP contribution in [-0.4, -0.2) is 5.16 Å². The first kappa shape index (κ1) is 11.4. The number of rotatable bonds is 4. The summed E-state index contributed by atoms with van der Waals surface area (Å²) in [4.78, 5) is 10.8. The van der Waals surface area contributed by atoms with Gasteiger partial charge in [-0.2, -0.15) is 5.16 Å². The summed E-state index contributed by atoms with van der Waals surface area (Å²) >= 11 is 7.54. The van der Waals surface area contributed by atoms with Crippen molar-refractivity contribution in [1.29, 1.82) is 0 Å². The molecule has 0 spiro atoms. The number of aromatic nitrogens is 1. The SMILES string of the molecule is O=c1cc(CSCc2cccc(Cl)c2)o[nH]1. The predicted octanol–water partition coefficient (Wildman–Crippen LogP) is 3.05. The van der Waals surface area contributed by atoms with Gasteiger partial charge >= 0.3 is 0 Å². The average Bonchev–Trinajstić information content (AvgIpc) is 2.64. The first-order chi connectivity index (χ1) is 7.74. The van der Waals surface area contributed by atoms with Crippen LogP contribution in [0.25, 0.3) is 0 Å². The largest absolute Gasteiger partial charge is 0.383 e. The van der Waals surface area contributed by atoms with Gasteiger partial charge in [0.1, 0.15) is 5.76 Å². The molecule has 0 unspecified atom stereocenters. The second-order valence-corrected chi connectivity index (χ2v) is 4.72. The zero-order valence-corrected chi connectivity index (χ0v) is 9.98. The third-order valence-electron chi connectivity index (χ3n) is 1.98. The Labute approximate surface area is 102 Å². The van der Waals surface area contributed by atoms with Crippen molar-refractivity contribution in [3.63, 3.8) is 0 Å². The number of nitrogens with one attached hydrogen (secondary N) is 1. The molecule has 5 heteroatoms. The van der Waals surface area contributed by atoms with Gasteiger partial charge in [0.25, 0.3) is 5.56 Å². The fourth-order valence-corrected chi connectivity index (χ4v) is 2.36. The Balaban J connectivity index is 1.86. The van der Waals surface area contributed by atoms with Crippen LogP contribution in [0.2, 0.25) is 5.02 Å². The minimum atomic E-state index is -0.196. The highest BCUT2D eigenvalue weighted by Crippen LogP contribution is 2.19. The van der Waals surface area contributed by atoms with Crippen LogP contribution >= 0.6 is 23.4 Å². The molecule has 0 fully saturated rings. The summed E-state index contributed by atoms with van der Waals surface area (Å²) in [6, 6.07) is 9.19. The maximum absolute atomic E-state index is 10.8. The van der Waals surface area contributed by atoms with Crippen LogP contribution in [0.1, 0.15) is 11.3 Å². The maximum atomic E-state index is 10.8. The molecule has 1 N–H and O–H groups in total. The van der Waals surface area contributed by atoms with Crippen molar-refractivity contribution >= 4 is 23.4 Å². The number of hydrogen-bond acceptors (Lipinski definition) is 3. The van der Waals surface area contributed by atoms with Crippen LogP contribution < -0.4 is 5.56 Å². The van der Waals surface area contributed by atoms with E-state index in [4.69, 9.17) is 16.1 Å². The number of halogens is 1. The molecule has 0 atom stereocenters. The fourth-order valence-electron chi connectivity index (χ4n) is 1.29. The van der Waals surface area contributed by atoms with Gasteiger partial charge in [-0.15, -0.1) is 11.8 Å². The summed E-state index contributed by atoms with van der Waals surface area (Å²) in [6.45, 7) is 0. The van der Waals surface area contributed by atoms with Crippen molar-refractivity contribution in [3.05, 3.63) is 57.0 Å². The van der Waals surface area contributed by atoms with Gasteiger partial charge in [-0.1, -0.05) is 23.7 Å². The van der Waals surface area contributed by atoms with Crippen molar-refractivity contribution < 1.29 is 4.52 Å². The first-order valence-electron chi connectivity index (χ1n) is 4.73. The summed E-state index contributed by atoms with van der Waals surface area (Å²) in [5.74, 6) is 2.18. The Morgan fingerprint density at radius 3 is 2.88 bits per heavy atom. The molecule has 0 amide bonds. The van der Waals surface area contributed by atoms with Crippen LogP contribution in [0.3, 0.4) is 0 Å². The van der Waals surface area contributed by atoms with E-state index in [9.17, 15) is 4.79 Å². The van der Waals surface area contributed by atoms with Gasteiger partial charge in [0.15, 0.2) is 0 Å². The lowest BCUT2D eigenvalue weighted by Crippen LogP contribution is -1.92. The molecule has 2 rings (SSSR count). The monoisotopic (exact) mass is 255 g/mol. The van der Waals surface area contributed by atoms with E-state index in [1.807, 2.05) is 24.3 Å². The average molecular weight is 256 g/mol. The van der Waals surface area contributed by atoms with E-state index in [1.165, 1.54) is 6.07 Å². The van der Waals surface area contributed by atoms with Crippen molar-refractivity contribution in [3.8, 4) is 0 Å². The van der Waals surface area contributed by atoms with Gasteiger partial charge in [0, 0.05) is 16.8 Å². The molecule has 0 bridgehead atoms. The Bertz CT molecular complexity index is 520. The second-order valence-electron chi connectivity index (χ2n) is 3.30. The molecule has 1 aromatic heterocycles. The minimum absolute atomic E-state index is 0.196. The summed E-state index contributed by atoms with van der Waals surface area (Å²) in [5.41, 5.74) is 0.966. The van der Waals surface area contributed by atoms with Gasteiger partial charge in [0.05, 0.1) is 5.75 Å². The van der Waals surface area contributed by atoms with E-state index in [1.54, 1.807) is 11.8 Å². The summed E-state index contributed by atoms with van der Waals surface area (Å²) in [7, 11) is 0. The van der Waals surface area contributed by atoms with E-state index in [0.717, 1.165) is 16.3 Å². The number of aromatic amines is 1. The molecule has 0 aliphatic heterocycles. The Morgan fingerprint density at radius 2 is 2.19 bits per heavy atom. The molecule has 3 nitrogen and oxygen atoms in total. The van der Waals surface area contributed by atoms with Crippen molar-refractivity contribution in [2.75, 3.05) is 0 Å². The summed E-state index contributed by atoms with van der Waals surface area (Å²) < 4.78 is 4.94. The molecule has 84 valence electrons. The minimum Gasteiger partial charge on any atom is -0.383 e. The van der Waals surface area contributed by atoms with Crippen LogP contribution in [0.15, 0.2) is 39.6 Å². The molecular formula is C11H10ClNO2S. The number of hydrogen-bond donors (Lipinski definition) is 1. The van der Waals surface area contributed by atoms with Gasteiger partial charge in [-0.3, -0.25) is 4.79 Å². The lowest BCUT2D eigenvalue weighted by Gasteiger charge is -2.00. The van der Waals surface area contributed by atoms with E-state index in [2.05, 4.69) is 5.16 Å². The van der Waals surface area contributed by atoms with Crippen LogP contribution in [0.4, 0.5) is 0 Å². The molecule has 0 aliphatic rings. The number of benzene rings is 1. The molecule has 0 saturated carbocycles. The molecule has 2 aromatic rings. The molecule has 0 saturated heterocycles. The highest BCUT2D eigenvalue weighted by Gasteiger charge is 2.00. The van der Waals surface area contributed by atoms with Crippen molar-refractivity contribution in [2.45, 2.75) is 11.5 Å². The van der Waals surface area contributed by atoms with E-state index < -0.39 is 0 Å². The Morgan fingerprint density at radius 1 is 1.31 bits per heavy atom. The topological polar surface area (TPSA) is 46.0 Å². The van der Waals surface area contributed by atoms with E-state index in [0.29, 0.717) is 11.5 Å². The Hall–Kier alpha value is -1.13. The standard InChI is InChI=1S/C11H10ClNO2S/c12-9-3-1-2-8(4-9)6-16-7-10-5-11(14)13-15-10/h1-5H,6-7H2,(H,13,14).